The average Bonchev–Trinajstić information content (AvgIpc) is 3.03. The van der Waals surface area contributed by atoms with E-state index in [-0.39, 0.29) is 23.8 Å². The molecule has 1 amide bonds. The van der Waals surface area contributed by atoms with Crippen molar-refractivity contribution in [2.24, 2.45) is 5.41 Å². The van der Waals surface area contributed by atoms with Gasteiger partial charge in [0.15, 0.2) is 0 Å². The summed E-state index contributed by atoms with van der Waals surface area (Å²) in [5, 5.41) is 10.8. The summed E-state index contributed by atoms with van der Waals surface area (Å²) in [6, 6.07) is 10.3. The lowest BCUT2D eigenvalue weighted by Crippen LogP contribution is -2.33. The molecule has 2 heterocycles. The Morgan fingerprint density at radius 2 is 2.09 bits per heavy atom. The molecule has 1 aromatic carbocycles. The zero-order valence-corrected chi connectivity index (χ0v) is 12.8. The summed E-state index contributed by atoms with van der Waals surface area (Å²) in [5.74, 6) is 0.473. The Balaban J connectivity index is 1.75. The summed E-state index contributed by atoms with van der Waals surface area (Å²) in [7, 11) is 0. The maximum absolute atomic E-state index is 12.5. The number of hydrogen-bond acceptors (Lipinski definition) is 5. The van der Waals surface area contributed by atoms with Crippen molar-refractivity contribution < 1.29 is 4.79 Å². The third-order valence-electron chi connectivity index (χ3n) is 4.34. The molecule has 3 rings (SSSR count). The van der Waals surface area contributed by atoms with Gasteiger partial charge >= 0.3 is 0 Å². The monoisotopic (exact) mass is 300 g/mol. The number of carbonyl (C=O) groups is 1. The third-order valence-corrected chi connectivity index (χ3v) is 4.34. The van der Waals surface area contributed by atoms with Crippen LogP contribution < -0.4 is 5.73 Å². The summed E-state index contributed by atoms with van der Waals surface area (Å²) in [6.07, 6.45) is 0. The number of anilines is 1. The molecule has 2 N–H and O–H groups in total. The highest BCUT2D eigenvalue weighted by molar-refractivity contribution is 5.76. The molecule has 116 valence electrons. The fourth-order valence-electron chi connectivity index (χ4n) is 3.12. The van der Waals surface area contributed by atoms with Crippen molar-refractivity contribution >= 4 is 11.9 Å². The molecule has 7 nitrogen and oxygen atoms in total. The molecule has 1 aromatic heterocycles. The van der Waals surface area contributed by atoms with Crippen molar-refractivity contribution in [2.75, 3.05) is 18.8 Å². The number of carbonyl (C=O) groups excluding carboxylic acids is 1. The first-order chi connectivity index (χ1) is 10.5. The molecule has 1 aliphatic heterocycles. The molecule has 0 radical (unpaired) electrons. The van der Waals surface area contributed by atoms with E-state index in [0.29, 0.717) is 19.0 Å². The molecule has 0 bridgehead atoms. The van der Waals surface area contributed by atoms with E-state index in [2.05, 4.69) is 41.5 Å². The quantitative estimate of drug-likeness (QED) is 0.910. The molecule has 2 aromatic rings. The first kappa shape index (κ1) is 14.5. The van der Waals surface area contributed by atoms with E-state index in [9.17, 15) is 4.79 Å². The van der Waals surface area contributed by atoms with Gasteiger partial charge in [-0.1, -0.05) is 49.3 Å². The van der Waals surface area contributed by atoms with Gasteiger partial charge in [0.05, 0.1) is 0 Å². The predicted molar refractivity (Wildman–Crippen MR) is 81.8 cm³/mol. The van der Waals surface area contributed by atoms with Crippen LogP contribution in [0.5, 0.6) is 0 Å². The van der Waals surface area contributed by atoms with E-state index in [1.807, 2.05) is 23.1 Å². The number of benzene rings is 1. The number of amides is 1. The zero-order valence-electron chi connectivity index (χ0n) is 12.8. The van der Waals surface area contributed by atoms with Gasteiger partial charge in [-0.25, -0.2) is 4.68 Å². The van der Waals surface area contributed by atoms with Crippen molar-refractivity contribution in [3.05, 3.63) is 35.9 Å². The Kier molecular flexibility index (Phi) is 3.56. The molecule has 1 aliphatic rings. The van der Waals surface area contributed by atoms with E-state index in [1.165, 1.54) is 10.2 Å². The minimum Gasteiger partial charge on any atom is -0.367 e. The van der Waals surface area contributed by atoms with Crippen LogP contribution in [0.1, 0.15) is 25.3 Å². The number of nitrogen functional groups attached to an aromatic ring is 1. The van der Waals surface area contributed by atoms with E-state index < -0.39 is 0 Å². The van der Waals surface area contributed by atoms with Crippen LogP contribution in [0.25, 0.3) is 0 Å². The van der Waals surface area contributed by atoms with Gasteiger partial charge in [0.25, 0.3) is 0 Å². The molecular weight excluding hydrogens is 280 g/mol. The van der Waals surface area contributed by atoms with E-state index in [0.717, 1.165) is 0 Å². The maximum Gasteiger partial charge on any atom is 0.244 e. The molecule has 1 atom stereocenters. The number of nitrogens with zero attached hydrogens (tertiary/aromatic N) is 5. The van der Waals surface area contributed by atoms with Gasteiger partial charge < -0.3 is 10.6 Å². The molecule has 1 saturated heterocycles. The third kappa shape index (κ3) is 2.66. The smallest absolute Gasteiger partial charge is 0.244 e. The minimum absolute atomic E-state index is 0.00879. The van der Waals surface area contributed by atoms with Gasteiger partial charge in [0.1, 0.15) is 6.54 Å². The second-order valence-electron chi connectivity index (χ2n) is 6.42. The van der Waals surface area contributed by atoms with Gasteiger partial charge in [-0.15, -0.1) is 0 Å². The van der Waals surface area contributed by atoms with Crippen molar-refractivity contribution in [3.8, 4) is 0 Å². The van der Waals surface area contributed by atoms with Crippen molar-refractivity contribution in [1.29, 1.82) is 0 Å². The highest BCUT2D eigenvalue weighted by Gasteiger charge is 2.41. The second kappa shape index (κ2) is 5.40. The van der Waals surface area contributed by atoms with Gasteiger partial charge in [0.2, 0.25) is 11.9 Å². The Bertz CT molecular complexity index is 666. The van der Waals surface area contributed by atoms with Crippen LogP contribution in [-0.4, -0.2) is 44.1 Å². The normalized spacial score (nSPS) is 20.3. The molecule has 7 heteroatoms. The van der Waals surface area contributed by atoms with Crippen LogP contribution in [0.15, 0.2) is 30.3 Å². The fourth-order valence-corrected chi connectivity index (χ4v) is 3.12. The zero-order chi connectivity index (χ0) is 15.7. The van der Waals surface area contributed by atoms with E-state index >= 15 is 0 Å². The Morgan fingerprint density at radius 3 is 2.73 bits per heavy atom. The lowest BCUT2D eigenvalue weighted by Gasteiger charge is -2.25. The van der Waals surface area contributed by atoms with Crippen molar-refractivity contribution in [2.45, 2.75) is 26.3 Å². The summed E-state index contributed by atoms with van der Waals surface area (Å²) in [5.41, 5.74) is 6.91. The average molecular weight is 300 g/mol. The first-order valence-corrected chi connectivity index (χ1v) is 7.32. The van der Waals surface area contributed by atoms with Crippen LogP contribution >= 0.6 is 0 Å². The highest BCUT2D eigenvalue weighted by Crippen LogP contribution is 2.42. The molecule has 0 spiro atoms. The Hall–Kier alpha value is -2.44. The van der Waals surface area contributed by atoms with Crippen LogP contribution in [0.3, 0.4) is 0 Å². The van der Waals surface area contributed by atoms with Crippen LogP contribution in [0.4, 0.5) is 5.95 Å². The second-order valence-corrected chi connectivity index (χ2v) is 6.42. The minimum atomic E-state index is -0.00879. The molecule has 0 saturated carbocycles. The molecular formula is C15H20N6O. The van der Waals surface area contributed by atoms with Gasteiger partial charge in [-0.05, 0) is 21.4 Å². The molecule has 0 unspecified atom stereocenters. The van der Waals surface area contributed by atoms with Crippen LogP contribution in [0.2, 0.25) is 0 Å². The van der Waals surface area contributed by atoms with Gasteiger partial charge in [-0.3, -0.25) is 4.79 Å². The SMILES string of the molecule is CC1(C)CN(C(=O)Cn2nnnc2N)C[C@H]1c1ccccc1. The maximum atomic E-state index is 12.5. The standard InChI is InChI=1S/C15H20N6O/c1-15(2)10-20(8-12(15)11-6-4-3-5-7-11)13(22)9-21-14(16)17-18-19-21/h3-7,12H,8-10H2,1-2H3,(H2,16,17,19)/t12-/m0/s1. The topological polar surface area (TPSA) is 89.9 Å². The summed E-state index contributed by atoms with van der Waals surface area (Å²) < 4.78 is 1.32. The Morgan fingerprint density at radius 1 is 1.36 bits per heavy atom. The van der Waals surface area contributed by atoms with E-state index in [4.69, 9.17) is 5.73 Å². The Labute approximate surface area is 129 Å². The number of tetrazole rings is 1. The van der Waals surface area contributed by atoms with Gasteiger partial charge in [0, 0.05) is 19.0 Å². The molecule has 1 fully saturated rings. The van der Waals surface area contributed by atoms with E-state index in [1.54, 1.807) is 0 Å². The number of nitrogens with two attached hydrogens (primary N) is 1. The van der Waals surface area contributed by atoms with Crippen molar-refractivity contribution in [1.82, 2.24) is 25.1 Å². The molecule has 0 aliphatic carbocycles. The van der Waals surface area contributed by atoms with Crippen LogP contribution in [-0.2, 0) is 11.3 Å². The summed E-state index contributed by atoms with van der Waals surface area (Å²) >= 11 is 0. The lowest BCUT2D eigenvalue weighted by molar-refractivity contribution is -0.131. The number of likely N-dealkylation sites (tertiary alicyclic amines) is 1. The highest BCUT2D eigenvalue weighted by atomic mass is 16.2. The number of rotatable bonds is 3. The first-order valence-electron chi connectivity index (χ1n) is 7.32. The largest absolute Gasteiger partial charge is 0.367 e. The summed E-state index contributed by atoms with van der Waals surface area (Å²) in [4.78, 5) is 14.4. The lowest BCUT2D eigenvalue weighted by atomic mass is 9.78. The predicted octanol–water partition coefficient (Wildman–Crippen LogP) is 0.907. The molecule has 22 heavy (non-hydrogen) atoms. The number of hydrogen-bond donors (Lipinski definition) is 1. The summed E-state index contributed by atoms with van der Waals surface area (Å²) in [6.45, 7) is 5.90. The number of aromatic nitrogens is 4. The van der Waals surface area contributed by atoms with Crippen LogP contribution in [0, 0.1) is 5.41 Å². The fraction of sp³-hybridized carbons (Fsp3) is 0.467. The van der Waals surface area contributed by atoms with Gasteiger partial charge in [-0.2, -0.15) is 0 Å². The van der Waals surface area contributed by atoms with Crippen molar-refractivity contribution in [3.63, 3.8) is 0 Å².